The van der Waals surface area contributed by atoms with Crippen LogP contribution in [0.25, 0.3) is 0 Å². The Morgan fingerprint density at radius 2 is 1.71 bits per heavy atom. The molecule has 11 nitrogen and oxygen atoms in total. The summed E-state index contributed by atoms with van der Waals surface area (Å²) in [5.41, 5.74) is -0.494. The van der Waals surface area contributed by atoms with Gasteiger partial charge in [0.2, 0.25) is 11.8 Å². The molecule has 172 valence electrons. The second-order valence-corrected chi connectivity index (χ2v) is 7.62. The molecule has 2 atom stereocenters. The Hall–Kier alpha value is -3.34. The largest absolute Gasteiger partial charge is 0.508 e. The molecule has 1 rings (SSSR count). The van der Waals surface area contributed by atoms with Gasteiger partial charge >= 0.3 is 12.1 Å². The van der Waals surface area contributed by atoms with Crippen LogP contribution < -0.4 is 10.6 Å². The number of nitrogens with zero attached hydrogens (tertiary/aromatic N) is 1. The lowest BCUT2D eigenvalue weighted by Gasteiger charge is -2.31. The summed E-state index contributed by atoms with van der Waals surface area (Å²) in [6, 6.07) is 2.90. The number of amides is 3. The van der Waals surface area contributed by atoms with E-state index in [0.717, 1.165) is 12.0 Å². The van der Waals surface area contributed by atoms with E-state index in [1.165, 1.54) is 31.3 Å². The van der Waals surface area contributed by atoms with E-state index < -0.39 is 54.7 Å². The number of ether oxygens (including phenoxy) is 2. The average Bonchev–Trinajstić information content (AvgIpc) is 2.69. The highest BCUT2D eigenvalue weighted by molar-refractivity contribution is 5.93. The number of phenols is 1. The topological polar surface area (TPSA) is 154 Å². The number of aliphatic hydroxyl groups excluding tert-OH is 1. The van der Waals surface area contributed by atoms with E-state index in [2.05, 4.69) is 15.4 Å². The molecule has 0 saturated carbocycles. The second kappa shape index (κ2) is 11.2. The maximum absolute atomic E-state index is 12.9. The van der Waals surface area contributed by atoms with Crippen LogP contribution in [0, 0.1) is 0 Å². The molecule has 1 aromatic rings. The third-order valence-electron chi connectivity index (χ3n) is 4.00. The third kappa shape index (κ3) is 8.13. The van der Waals surface area contributed by atoms with Crippen molar-refractivity contribution in [2.45, 2.75) is 38.5 Å². The molecule has 4 N–H and O–H groups in total. The standard InChI is InChI=1S/C20H29N3O8/c1-20(2,3)31-19(29)22-14(11-24)18(28)23(4)16(12-6-8-13(25)9-7-12)17(27)21-10-15(26)30-5/h6-9,14,16,24-25H,10-11H2,1-5H3,(H,21,27)(H,22,29). The number of aliphatic hydroxyl groups is 1. The molecule has 0 aliphatic rings. The highest BCUT2D eigenvalue weighted by atomic mass is 16.6. The minimum Gasteiger partial charge on any atom is -0.508 e. The Morgan fingerprint density at radius 1 is 1.13 bits per heavy atom. The summed E-state index contributed by atoms with van der Waals surface area (Å²) in [4.78, 5) is 50.1. The molecule has 11 heteroatoms. The molecule has 0 spiro atoms. The molecule has 3 amide bonds. The smallest absolute Gasteiger partial charge is 0.408 e. The first kappa shape index (κ1) is 25.7. The number of benzene rings is 1. The van der Waals surface area contributed by atoms with Crippen LogP contribution in [0.4, 0.5) is 4.79 Å². The summed E-state index contributed by atoms with van der Waals surface area (Å²) in [6.45, 7) is 3.75. The van der Waals surface area contributed by atoms with Gasteiger partial charge in [0.15, 0.2) is 0 Å². The van der Waals surface area contributed by atoms with Crippen LogP contribution in [-0.2, 0) is 23.9 Å². The van der Waals surface area contributed by atoms with Crippen LogP contribution in [0.1, 0.15) is 32.4 Å². The normalized spacial score (nSPS) is 12.8. The Bertz CT molecular complexity index is 789. The lowest BCUT2D eigenvalue weighted by molar-refractivity contribution is -0.144. The maximum Gasteiger partial charge on any atom is 0.408 e. The predicted molar refractivity (Wildman–Crippen MR) is 109 cm³/mol. The lowest BCUT2D eigenvalue weighted by atomic mass is 10.0. The zero-order valence-corrected chi connectivity index (χ0v) is 18.2. The van der Waals surface area contributed by atoms with Crippen LogP contribution in [0.15, 0.2) is 24.3 Å². The summed E-state index contributed by atoms with van der Waals surface area (Å²) >= 11 is 0. The van der Waals surface area contributed by atoms with Crippen molar-refractivity contribution < 1.29 is 38.9 Å². The number of esters is 1. The van der Waals surface area contributed by atoms with Crippen LogP contribution >= 0.6 is 0 Å². The van der Waals surface area contributed by atoms with Gasteiger partial charge in [-0.2, -0.15) is 0 Å². The van der Waals surface area contributed by atoms with Gasteiger partial charge in [0.25, 0.3) is 0 Å². The summed E-state index contributed by atoms with van der Waals surface area (Å²) < 4.78 is 9.58. The average molecular weight is 439 g/mol. The number of hydrogen-bond donors (Lipinski definition) is 4. The quantitative estimate of drug-likeness (QED) is 0.415. The Morgan fingerprint density at radius 3 is 2.19 bits per heavy atom. The van der Waals surface area contributed by atoms with E-state index in [-0.39, 0.29) is 5.75 Å². The van der Waals surface area contributed by atoms with Gasteiger partial charge in [-0.3, -0.25) is 14.4 Å². The van der Waals surface area contributed by atoms with Gasteiger partial charge in [-0.1, -0.05) is 12.1 Å². The summed E-state index contributed by atoms with van der Waals surface area (Å²) in [5, 5.41) is 23.8. The van der Waals surface area contributed by atoms with Crippen LogP contribution in [-0.4, -0.2) is 77.9 Å². The Balaban J connectivity index is 3.10. The van der Waals surface area contributed by atoms with E-state index in [4.69, 9.17) is 4.74 Å². The number of methoxy groups -OCH3 is 1. The summed E-state index contributed by atoms with van der Waals surface area (Å²) in [7, 11) is 2.47. The highest BCUT2D eigenvalue weighted by Gasteiger charge is 2.34. The van der Waals surface area contributed by atoms with E-state index in [1.54, 1.807) is 20.8 Å². The molecule has 0 aliphatic carbocycles. The van der Waals surface area contributed by atoms with Gasteiger partial charge in [0.1, 0.15) is 30.0 Å². The van der Waals surface area contributed by atoms with Gasteiger partial charge in [-0.25, -0.2) is 4.79 Å². The van der Waals surface area contributed by atoms with Crippen molar-refractivity contribution in [2.75, 3.05) is 27.3 Å². The zero-order chi connectivity index (χ0) is 23.8. The fourth-order valence-corrected chi connectivity index (χ4v) is 2.54. The van der Waals surface area contributed by atoms with E-state index in [1.807, 2.05) is 0 Å². The molecule has 0 radical (unpaired) electrons. The summed E-state index contributed by atoms with van der Waals surface area (Å²) in [6.07, 6.45) is -0.912. The minimum atomic E-state index is -1.38. The molecule has 0 aliphatic heterocycles. The predicted octanol–water partition coefficient (Wildman–Crippen LogP) is 0.0665. The number of carbonyl (C=O) groups excluding carboxylic acids is 4. The molecule has 1 aromatic carbocycles. The van der Waals surface area contributed by atoms with Crippen molar-refractivity contribution in [3.8, 4) is 5.75 Å². The fourth-order valence-electron chi connectivity index (χ4n) is 2.54. The number of phenolic OH excluding ortho intramolecular Hbond substituents is 1. The van der Waals surface area contributed by atoms with Crippen molar-refractivity contribution in [1.82, 2.24) is 15.5 Å². The van der Waals surface area contributed by atoms with Crippen LogP contribution in [0.2, 0.25) is 0 Å². The third-order valence-corrected chi connectivity index (χ3v) is 4.00. The van der Waals surface area contributed by atoms with E-state index in [9.17, 15) is 29.4 Å². The van der Waals surface area contributed by atoms with Gasteiger partial charge in [-0.15, -0.1) is 0 Å². The molecule has 2 unspecified atom stereocenters. The van der Waals surface area contributed by atoms with Crippen molar-refractivity contribution in [3.05, 3.63) is 29.8 Å². The van der Waals surface area contributed by atoms with Gasteiger partial charge in [-0.05, 0) is 38.5 Å². The Labute approximate surface area is 180 Å². The molecular weight excluding hydrogens is 410 g/mol. The van der Waals surface area contributed by atoms with E-state index >= 15 is 0 Å². The van der Waals surface area contributed by atoms with Gasteiger partial charge in [0.05, 0.1) is 13.7 Å². The zero-order valence-electron chi connectivity index (χ0n) is 18.2. The lowest BCUT2D eigenvalue weighted by Crippen LogP contribution is -2.53. The highest BCUT2D eigenvalue weighted by Crippen LogP contribution is 2.23. The molecule has 0 aromatic heterocycles. The second-order valence-electron chi connectivity index (χ2n) is 7.62. The molecule has 0 bridgehead atoms. The monoisotopic (exact) mass is 439 g/mol. The van der Waals surface area contributed by atoms with Gasteiger partial charge < -0.3 is 35.2 Å². The first-order valence-electron chi connectivity index (χ1n) is 9.40. The molecule has 0 saturated heterocycles. The molecule has 0 heterocycles. The minimum absolute atomic E-state index is 0.0497. The molecule has 0 fully saturated rings. The maximum atomic E-state index is 12.9. The number of aromatic hydroxyl groups is 1. The van der Waals surface area contributed by atoms with Crippen molar-refractivity contribution in [3.63, 3.8) is 0 Å². The van der Waals surface area contributed by atoms with Crippen LogP contribution in [0.3, 0.4) is 0 Å². The Kier molecular flexibility index (Phi) is 9.25. The SMILES string of the molecule is COC(=O)CNC(=O)C(c1ccc(O)cc1)N(C)C(=O)C(CO)NC(=O)OC(C)(C)C. The number of alkyl carbamates (subject to hydrolysis) is 1. The fraction of sp³-hybridized carbons (Fsp3) is 0.500. The van der Waals surface area contributed by atoms with Crippen LogP contribution in [0.5, 0.6) is 5.75 Å². The summed E-state index contributed by atoms with van der Waals surface area (Å²) in [5.74, 6) is -2.22. The molecule has 31 heavy (non-hydrogen) atoms. The van der Waals surface area contributed by atoms with Gasteiger partial charge in [0, 0.05) is 7.05 Å². The molecular formula is C20H29N3O8. The first-order chi connectivity index (χ1) is 14.4. The van der Waals surface area contributed by atoms with Crippen molar-refractivity contribution >= 4 is 23.9 Å². The number of hydrogen-bond acceptors (Lipinski definition) is 8. The number of rotatable bonds is 8. The van der Waals surface area contributed by atoms with Crippen molar-refractivity contribution in [2.24, 2.45) is 0 Å². The first-order valence-corrected chi connectivity index (χ1v) is 9.40. The number of likely N-dealkylation sites (N-methyl/N-ethyl adjacent to an activating group) is 1. The number of nitrogens with one attached hydrogen (secondary N) is 2. The van der Waals surface area contributed by atoms with E-state index in [0.29, 0.717) is 5.56 Å². The van der Waals surface area contributed by atoms with Crippen molar-refractivity contribution in [1.29, 1.82) is 0 Å². The number of carbonyl (C=O) groups is 4.